The molecular formula is C17H25NO3. The summed E-state index contributed by atoms with van der Waals surface area (Å²) in [6.07, 6.45) is 3.52. The van der Waals surface area contributed by atoms with Crippen molar-refractivity contribution in [3.05, 3.63) is 39.9 Å². The molecule has 0 saturated heterocycles. The number of nitro benzene ring substituents is 1. The van der Waals surface area contributed by atoms with E-state index in [1.165, 1.54) is 0 Å². The van der Waals surface area contributed by atoms with E-state index in [-0.39, 0.29) is 28.0 Å². The molecular weight excluding hydrogens is 266 g/mol. The average Bonchev–Trinajstić information content (AvgIpc) is 2.40. The lowest BCUT2D eigenvalue weighted by molar-refractivity contribution is -0.384. The van der Waals surface area contributed by atoms with E-state index in [2.05, 4.69) is 20.8 Å². The summed E-state index contributed by atoms with van der Waals surface area (Å²) in [6.45, 7) is 6.79. The number of nitro groups is 1. The molecule has 0 heterocycles. The summed E-state index contributed by atoms with van der Waals surface area (Å²) < 4.78 is 0. The van der Waals surface area contributed by atoms with Gasteiger partial charge in [-0.15, -0.1) is 0 Å². The van der Waals surface area contributed by atoms with Gasteiger partial charge in [0.2, 0.25) is 0 Å². The molecule has 116 valence electrons. The van der Waals surface area contributed by atoms with Crippen LogP contribution >= 0.6 is 0 Å². The van der Waals surface area contributed by atoms with Crippen LogP contribution in [-0.4, -0.2) is 16.1 Å². The van der Waals surface area contributed by atoms with E-state index in [0.717, 1.165) is 31.2 Å². The second kappa shape index (κ2) is 6.14. The van der Waals surface area contributed by atoms with E-state index in [4.69, 9.17) is 0 Å². The number of nitrogens with zero attached hydrogens (tertiary/aromatic N) is 1. The number of hydrogen-bond acceptors (Lipinski definition) is 3. The summed E-state index contributed by atoms with van der Waals surface area (Å²) in [7, 11) is 0. The molecule has 0 spiro atoms. The minimum atomic E-state index is -0.380. The van der Waals surface area contributed by atoms with Gasteiger partial charge in [0, 0.05) is 12.1 Å². The molecule has 4 heteroatoms. The van der Waals surface area contributed by atoms with Gasteiger partial charge in [-0.05, 0) is 48.5 Å². The molecule has 0 aliphatic heterocycles. The predicted molar refractivity (Wildman–Crippen MR) is 83.1 cm³/mol. The van der Waals surface area contributed by atoms with Crippen molar-refractivity contribution in [2.75, 3.05) is 0 Å². The number of hydrogen-bond donors (Lipinski definition) is 1. The van der Waals surface area contributed by atoms with Crippen LogP contribution in [0.3, 0.4) is 0 Å². The van der Waals surface area contributed by atoms with Gasteiger partial charge in [0.05, 0.1) is 11.0 Å². The van der Waals surface area contributed by atoms with E-state index in [1.54, 1.807) is 12.1 Å². The van der Waals surface area contributed by atoms with Gasteiger partial charge >= 0.3 is 0 Å². The third-order valence-electron chi connectivity index (χ3n) is 4.81. The zero-order valence-electron chi connectivity index (χ0n) is 13.1. The lowest BCUT2D eigenvalue weighted by atomic mass is 9.67. The van der Waals surface area contributed by atoms with Crippen LogP contribution in [0.4, 0.5) is 5.69 Å². The fraction of sp³-hybridized carbons (Fsp3) is 0.647. The molecule has 0 bridgehead atoms. The van der Waals surface area contributed by atoms with Crippen LogP contribution in [0.25, 0.3) is 0 Å². The quantitative estimate of drug-likeness (QED) is 0.677. The highest BCUT2D eigenvalue weighted by Gasteiger charge is 2.35. The Kier molecular flexibility index (Phi) is 4.67. The average molecular weight is 291 g/mol. The Hall–Kier alpha value is -1.42. The van der Waals surface area contributed by atoms with E-state index >= 15 is 0 Å². The largest absolute Gasteiger partial charge is 0.393 e. The summed E-state index contributed by atoms with van der Waals surface area (Å²) in [5.41, 5.74) is 1.46. The second-order valence-corrected chi connectivity index (χ2v) is 7.33. The van der Waals surface area contributed by atoms with E-state index in [0.29, 0.717) is 5.92 Å². The van der Waals surface area contributed by atoms with E-state index < -0.39 is 0 Å². The second-order valence-electron chi connectivity index (χ2n) is 7.33. The van der Waals surface area contributed by atoms with Crippen LogP contribution < -0.4 is 0 Å². The number of benzene rings is 1. The SMILES string of the molecule is CC(C)(C)C1CCC(O)C(Cc2ccc([N+](=O)[O-])cc2)C1. The molecule has 1 aliphatic rings. The third-order valence-corrected chi connectivity index (χ3v) is 4.81. The molecule has 4 nitrogen and oxygen atoms in total. The van der Waals surface area contributed by atoms with Crippen molar-refractivity contribution in [1.82, 2.24) is 0 Å². The van der Waals surface area contributed by atoms with Crippen molar-refractivity contribution in [1.29, 1.82) is 0 Å². The van der Waals surface area contributed by atoms with Crippen molar-refractivity contribution >= 4 is 5.69 Å². The molecule has 1 N–H and O–H groups in total. The molecule has 1 fully saturated rings. The van der Waals surface area contributed by atoms with Crippen LogP contribution in [0.15, 0.2) is 24.3 Å². The maximum atomic E-state index is 10.7. The van der Waals surface area contributed by atoms with Crippen molar-refractivity contribution in [3.63, 3.8) is 0 Å². The van der Waals surface area contributed by atoms with Crippen molar-refractivity contribution in [2.45, 2.75) is 52.6 Å². The number of aliphatic hydroxyl groups is 1. The smallest absolute Gasteiger partial charge is 0.269 e. The Bertz CT molecular complexity index is 490. The van der Waals surface area contributed by atoms with Crippen LogP contribution in [-0.2, 0) is 6.42 Å². The zero-order chi connectivity index (χ0) is 15.6. The highest BCUT2D eigenvalue weighted by molar-refractivity contribution is 5.33. The lowest BCUT2D eigenvalue weighted by Gasteiger charge is -2.40. The molecule has 3 atom stereocenters. The Balaban J connectivity index is 2.04. The van der Waals surface area contributed by atoms with Gasteiger partial charge in [0.1, 0.15) is 0 Å². The van der Waals surface area contributed by atoms with Gasteiger partial charge in [0.15, 0.2) is 0 Å². The Labute approximate surface area is 126 Å². The minimum Gasteiger partial charge on any atom is -0.393 e. The van der Waals surface area contributed by atoms with Crippen molar-refractivity contribution < 1.29 is 10.0 Å². The summed E-state index contributed by atoms with van der Waals surface area (Å²) in [6, 6.07) is 6.72. The predicted octanol–water partition coefficient (Wildman–Crippen LogP) is 3.96. The Morgan fingerprint density at radius 3 is 2.38 bits per heavy atom. The first-order chi connectivity index (χ1) is 9.77. The van der Waals surface area contributed by atoms with Crippen LogP contribution in [0.1, 0.15) is 45.6 Å². The normalized spacial score (nSPS) is 26.6. The highest BCUT2D eigenvalue weighted by atomic mass is 16.6. The van der Waals surface area contributed by atoms with Crippen LogP contribution in [0, 0.1) is 27.4 Å². The fourth-order valence-corrected chi connectivity index (χ4v) is 3.31. The highest BCUT2D eigenvalue weighted by Crippen LogP contribution is 2.41. The summed E-state index contributed by atoms with van der Waals surface area (Å²) in [5, 5.41) is 20.9. The zero-order valence-corrected chi connectivity index (χ0v) is 13.1. The third kappa shape index (κ3) is 4.03. The molecule has 0 aromatic heterocycles. The van der Waals surface area contributed by atoms with E-state index in [1.807, 2.05) is 12.1 Å². The summed E-state index contributed by atoms with van der Waals surface area (Å²) >= 11 is 0. The maximum Gasteiger partial charge on any atom is 0.269 e. The van der Waals surface area contributed by atoms with Gasteiger partial charge in [-0.1, -0.05) is 32.9 Å². The summed E-state index contributed by atoms with van der Waals surface area (Å²) in [5.74, 6) is 0.883. The molecule has 0 amide bonds. The maximum absolute atomic E-state index is 10.7. The van der Waals surface area contributed by atoms with Gasteiger partial charge in [-0.2, -0.15) is 0 Å². The molecule has 1 aromatic rings. The van der Waals surface area contributed by atoms with Gasteiger partial charge < -0.3 is 5.11 Å². The first-order valence-electron chi connectivity index (χ1n) is 7.69. The van der Waals surface area contributed by atoms with Crippen molar-refractivity contribution in [3.8, 4) is 0 Å². The molecule has 0 radical (unpaired) electrons. The Morgan fingerprint density at radius 2 is 1.86 bits per heavy atom. The topological polar surface area (TPSA) is 63.4 Å². The van der Waals surface area contributed by atoms with Crippen LogP contribution in [0.5, 0.6) is 0 Å². The number of non-ortho nitro benzene ring substituents is 1. The van der Waals surface area contributed by atoms with Gasteiger partial charge in [-0.25, -0.2) is 0 Å². The van der Waals surface area contributed by atoms with Crippen LogP contribution in [0.2, 0.25) is 0 Å². The fourth-order valence-electron chi connectivity index (χ4n) is 3.31. The van der Waals surface area contributed by atoms with Gasteiger partial charge in [0.25, 0.3) is 5.69 Å². The summed E-state index contributed by atoms with van der Waals surface area (Å²) in [4.78, 5) is 10.3. The minimum absolute atomic E-state index is 0.121. The lowest BCUT2D eigenvalue weighted by Crippen LogP contribution is -2.35. The Morgan fingerprint density at radius 1 is 1.24 bits per heavy atom. The van der Waals surface area contributed by atoms with Gasteiger partial charge in [-0.3, -0.25) is 10.1 Å². The van der Waals surface area contributed by atoms with E-state index in [9.17, 15) is 15.2 Å². The number of aliphatic hydroxyl groups excluding tert-OH is 1. The molecule has 21 heavy (non-hydrogen) atoms. The molecule has 1 aliphatic carbocycles. The monoisotopic (exact) mass is 291 g/mol. The van der Waals surface area contributed by atoms with Crippen molar-refractivity contribution in [2.24, 2.45) is 17.3 Å². The standard InChI is InChI=1S/C17H25NO3/c1-17(2,3)14-6-9-16(19)13(11-14)10-12-4-7-15(8-5-12)18(20)21/h4-5,7-8,13-14,16,19H,6,9-11H2,1-3H3. The first-order valence-corrected chi connectivity index (χ1v) is 7.69. The molecule has 2 rings (SSSR count). The number of rotatable bonds is 3. The molecule has 1 saturated carbocycles. The molecule has 3 unspecified atom stereocenters. The first kappa shape index (κ1) is 16.0. The molecule has 1 aromatic carbocycles.